The molecule has 3 aromatic rings. The molecule has 0 saturated heterocycles. The van der Waals surface area contributed by atoms with Gasteiger partial charge >= 0.3 is 6.09 Å². The molecule has 0 spiro atoms. The first-order valence-corrected chi connectivity index (χ1v) is 13.5. The van der Waals surface area contributed by atoms with Gasteiger partial charge in [-0.2, -0.15) is 15.0 Å². The third-order valence-corrected chi connectivity index (χ3v) is 7.29. The van der Waals surface area contributed by atoms with Crippen LogP contribution in [0.2, 0.25) is 0 Å². The van der Waals surface area contributed by atoms with Crippen molar-refractivity contribution in [3.05, 3.63) is 66.1 Å². The van der Waals surface area contributed by atoms with Crippen molar-refractivity contribution in [2.75, 3.05) is 30.5 Å². The molecule has 2 aliphatic heterocycles. The van der Waals surface area contributed by atoms with Gasteiger partial charge in [-0.3, -0.25) is 9.69 Å². The molecular formula is C27H28BrN5O5. The van der Waals surface area contributed by atoms with Gasteiger partial charge < -0.3 is 19.5 Å². The van der Waals surface area contributed by atoms with Gasteiger partial charge in [0.25, 0.3) is 5.91 Å². The number of anilines is 1. The van der Waals surface area contributed by atoms with E-state index in [1.54, 1.807) is 29.4 Å². The molecule has 1 N–H and O–H groups in total. The van der Waals surface area contributed by atoms with Crippen LogP contribution in [-0.4, -0.2) is 68.6 Å². The van der Waals surface area contributed by atoms with Crippen molar-refractivity contribution >= 4 is 39.2 Å². The molecule has 11 heteroatoms. The highest BCUT2D eigenvalue weighted by Crippen LogP contribution is 2.41. The SMILES string of the molecule is COc1cc2c(cc1OCCCCCBr)N(C(=O)O)C[C@@H]1CC(c3ccc(-n4nccn4)cc3)=CN1C2=O. The lowest BCUT2D eigenvalue weighted by Crippen LogP contribution is -2.40. The summed E-state index contributed by atoms with van der Waals surface area (Å²) in [5.41, 5.74) is 3.29. The van der Waals surface area contributed by atoms with Crippen LogP contribution in [0.25, 0.3) is 11.3 Å². The van der Waals surface area contributed by atoms with Gasteiger partial charge in [0, 0.05) is 17.6 Å². The fourth-order valence-corrected chi connectivity index (χ4v) is 5.20. The molecule has 198 valence electrons. The lowest BCUT2D eigenvalue weighted by atomic mass is 10.0. The Hall–Kier alpha value is -3.86. The standard InChI is InChI=1S/C27H28BrN5O5/c1-37-24-14-22-23(15-25(24)38-12-4-2-3-9-28)32(27(35)36)17-21-13-19(16-31(21)26(22)34)18-5-7-20(8-6-18)33-29-10-11-30-33/h5-8,10-11,14-16,21H,2-4,9,12-13,17H2,1H3,(H,35,36)/t21-/m0/s1. The number of unbranched alkanes of at least 4 members (excludes halogenated alkanes) is 2. The molecule has 0 bridgehead atoms. The summed E-state index contributed by atoms with van der Waals surface area (Å²) in [4.78, 5) is 30.5. The van der Waals surface area contributed by atoms with Crippen LogP contribution in [0.4, 0.5) is 10.5 Å². The number of alkyl halides is 1. The second-order valence-corrected chi connectivity index (χ2v) is 9.89. The van der Waals surface area contributed by atoms with Gasteiger partial charge in [0.1, 0.15) is 0 Å². The molecule has 0 aliphatic carbocycles. The quantitative estimate of drug-likeness (QED) is 0.280. The summed E-state index contributed by atoms with van der Waals surface area (Å²) in [6.07, 6.45) is 7.36. The molecular weight excluding hydrogens is 554 g/mol. The van der Waals surface area contributed by atoms with Crippen molar-refractivity contribution in [3.8, 4) is 17.2 Å². The zero-order chi connectivity index (χ0) is 26.6. The zero-order valence-corrected chi connectivity index (χ0v) is 22.5. The lowest BCUT2D eigenvalue weighted by molar-refractivity contribution is 0.0794. The van der Waals surface area contributed by atoms with Crippen LogP contribution in [0.3, 0.4) is 0 Å². The molecule has 0 unspecified atom stereocenters. The fourth-order valence-electron chi connectivity index (χ4n) is 4.81. The highest BCUT2D eigenvalue weighted by Gasteiger charge is 2.39. The maximum atomic E-state index is 13.7. The van der Waals surface area contributed by atoms with Gasteiger partial charge in [0.15, 0.2) is 11.5 Å². The summed E-state index contributed by atoms with van der Waals surface area (Å²) in [5.74, 6) is 0.546. The lowest BCUT2D eigenvalue weighted by Gasteiger charge is -2.24. The molecule has 2 amide bonds. The van der Waals surface area contributed by atoms with Gasteiger partial charge in [-0.1, -0.05) is 28.1 Å². The van der Waals surface area contributed by atoms with E-state index >= 15 is 0 Å². The van der Waals surface area contributed by atoms with Gasteiger partial charge in [-0.05, 0) is 55.0 Å². The molecule has 1 atom stereocenters. The third kappa shape index (κ3) is 5.10. The number of nitrogens with zero attached hydrogens (tertiary/aromatic N) is 5. The second kappa shape index (κ2) is 11.3. The van der Waals surface area contributed by atoms with E-state index in [4.69, 9.17) is 9.47 Å². The number of halogens is 1. The molecule has 10 nitrogen and oxygen atoms in total. The number of hydrogen-bond donors (Lipinski definition) is 1. The van der Waals surface area contributed by atoms with E-state index in [9.17, 15) is 14.7 Å². The zero-order valence-electron chi connectivity index (χ0n) is 20.9. The average molecular weight is 582 g/mol. The number of methoxy groups -OCH3 is 1. The Morgan fingerprint density at radius 3 is 2.55 bits per heavy atom. The van der Waals surface area contributed by atoms with E-state index in [2.05, 4.69) is 26.1 Å². The van der Waals surface area contributed by atoms with Gasteiger partial charge in [0.05, 0.1) is 55.6 Å². The number of aromatic nitrogens is 3. The maximum Gasteiger partial charge on any atom is 0.411 e. The number of hydrogen-bond acceptors (Lipinski definition) is 6. The molecule has 5 rings (SSSR count). The Morgan fingerprint density at radius 2 is 1.87 bits per heavy atom. The first-order valence-electron chi connectivity index (χ1n) is 12.4. The maximum absolute atomic E-state index is 13.7. The topological polar surface area (TPSA) is 110 Å². The number of fused-ring (bicyclic) bond motifs is 2. The molecule has 38 heavy (non-hydrogen) atoms. The normalized spacial score (nSPS) is 16.5. The number of carbonyl (C=O) groups is 2. The molecule has 2 aromatic carbocycles. The Morgan fingerprint density at radius 1 is 1.11 bits per heavy atom. The Kier molecular flexibility index (Phi) is 7.64. The molecule has 1 aromatic heterocycles. The number of ether oxygens (including phenoxy) is 2. The summed E-state index contributed by atoms with van der Waals surface area (Å²) in [5, 5.41) is 19.3. The van der Waals surface area contributed by atoms with Crippen LogP contribution in [-0.2, 0) is 0 Å². The van der Waals surface area contributed by atoms with Crippen LogP contribution in [0, 0.1) is 0 Å². The van der Waals surface area contributed by atoms with E-state index in [0.717, 1.165) is 41.4 Å². The fraction of sp³-hybridized carbons (Fsp3) is 0.333. The van der Waals surface area contributed by atoms with E-state index in [-0.39, 0.29) is 24.1 Å². The van der Waals surface area contributed by atoms with Gasteiger partial charge in [-0.25, -0.2) is 4.79 Å². The molecule has 0 fully saturated rings. The largest absolute Gasteiger partial charge is 0.493 e. The van der Waals surface area contributed by atoms with E-state index in [1.807, 2.05) is 30.5 Å². The highest BCUT2D eigenvalue weighted by atomic mass is 79.9. The summed E-state index contributed by atoms with van der Waals surface area (Å²) < 4.78 is 11.5. The van der Waals surface area contributed by atoms with E-state index in [1.165, 1.54) is 16.8 Å². The van der Waals surface area contributed by atoms with Crippen molar-refractivity contribution in [1.29, 1.82) is 0 Å². The smallest absolute Gasteiger partial charge is 0.411 e. The molecule has 2 aliphatic rings. The van der Waals surface area contributed by atoms with Crippen molar-refractivity contribution < 1.29 is 24.2 Å². The van der Waals surface area contributed by atoms with Crippen molar-refractivity contribution in [2.45, 2.75) is 31.7 Å². The van der Waals surface area contributed by atoms with Crippen LogP contribution >= 0.6 is 15.9 Å². The van der Waals surface area contributed by atoms with Crippen molar-refractivity contribution in [3.63, 3.8) is 0 Å². The molecule has 0 saturated carbocycles. The predicted octanol–water partition coefficient (Wildman–Crippen LogP) is 4.97. The van der Waals surface area contributed by atoms with Gasteiger partial charge in [-0.15, -0.1) is 0 Å². The second-order valence-electron chi connectivity index (χ2n) is 9.10. The van der Waals surface area contributed by atoms with Crippen LogP contribution in [0.5, 0.6) is 11.5 Å². The summed E-state index contributed by atoms with van der Waals surface area (Å²) in [6.45, 7) is 0.611. The van der Waals surface area contributed by atoms with Gasteiger partial charge in [0.2, 0.25) is 0 Å². The van der Waals surface area contributed by atoms with Crippen molar-refractivity contribution in [1.82, 2.24) is 19.9 Å². The molecule has 3 heterocycles. The first-order chi connectivity index (χ1) is 18.5. The predicted molar refractivity (Wildman–Crippen MR) is 145 cm³/mol. The number of carboxylic acid groups (broad SMARTS) is 1. The minimum Gasteiger partial charge on any atom is -0.493 e. The third-order valence-electron chi connectivity index (χ3n) is 6.73. The number of carbonyl (C=O) groups excluding carboxylic acids is 1. The average Bonchev–Trinajstić information content (AvgIpc) is 3.60. The minimum atomic E-state index is -1.13. The van der Waals surface area contributed by atoms with E-state index in [0.29, 0.717) is 30.2 Å². The number of amides is 2. The Bertz CT molecular complexity index is 1340. The number of rotatable bonds is 9. The van der Waals surface area contributed by atoms with E-state index < -0.39 is 6.09 Å². The monoisotopic (exact) mass is 581 g/mol. The summed E-state index contributed by atoms with van der Waals surface area (Å²) in [6, 6.07) is 10.6. The van der Waals surface area contributed by atoms with Crippen LogP contribution < -0.4 is 14.4 Å². The Labute approximate surface area is 228 Å². The first kappa shape index (κ1) is 25.8. The van der Waals surface area contributed by atoms with Crippen molar-refractivity contribution in [2.24, 2.45) is 0 Å². The van der Waals surface area contributed by atoms with Crippen LogP contribution in [0.1, 0.15) is 41.6 Å². The van der Waals surface area contributed by atoms with Crippen LogP contribution in [0.15, 0.2) is 55.0 Å². The molecule has 0 radical (unpaired) electrons. The summed E-state index contributed by atoms with van der Waals surface area (Å²) in [7, 11) is 1.51. The highest BCUT2D eigenvalue weighted by molar-refractivity contribution is 9.09. The summed E-state index contributed by atoms with van der Waals surface area (Å²) >= 11 is 3.42. The Balaban J connectivity index is 1.43. The minimum absolute atomic E-state index is 0.139. The number of benzene rings is 2.